The van der Waals surface area contributed by atoms with Gasteiger partial charge >= 0.3 is 23.9 Å². The van der Waals surface area contributed by atoms with Crippen LogP contribution in [0.25, 0.3) is 0 Å². The average molecular weight is 523 g/mol. The molecule has 0 unspecified atom stereocenters. The molecule has 0 saturated carbocycles. The number of allylic oxidation sites excluding steroid dienone is 4. The van der Waals surface area contributed by atoms with Gasteiger partial charge in [0.05, 0.1) is 50.1 Å². The highest BCUT2D eigenvalue weighted by molar-refractivity contribution is 5.83. The molecular weight excluding hydrogens is 480 g/mol. The number of unbranched alkanes of at least 4 members (excludes halogenated alkanes) is 2. The molecule has 2 aliphatic rings. The van der Waals surface area contributed by atoms with E-state index in [-0.39, 0.29) is 38.4 Å². The maximum atomic E-state index is 12.5. The standard InChI is InChI=1S/C28H42O9/c1-3-5-15-34-25(29)21-11-7-9-13-23(21)27(31)36-19-17-33-18-20-37-28(32)24-14-10-8-12-22(24)26(30)35-16-6-4-2/h7-10,21-24H,3-6,11-20H2,1-2H3/t21-,22-,23-,24+/m0/s1. The first-order chi connectivity index (χ1) is 18.0. The Labute approximate surface area is 219 Å². The Balaban J connectivity index is 1.64. The van der Waals surface area contributed by atoms with Gasteiger partial charge in [0, 0.05) is 0 Å². The van der Waals surface area contributed by atoms with Gasteiger partial charge in [0.15, 0.2) is 0 Å². The first-order valence-corrected chi connectivity index (χ1v) is 13.5. The number of hydrogen-bond donors (Lipinski definition) is 0. The van der Waals surface area contributed by atoms with Gasteiger partial charge in [-0.15, -0.1) is 0 Å². The van der Waals surface area contributed by atoms with E-state index in [1.807, 2.05) is 38.2 Å². The number of ether oxygens (including phenoxy) is 5. The van der Waals surface area contributed by atoms with Crippen LogP contribution in [-0.4, -0.2) is 63.5 Å². The topological polar surface area (TPSA) is 114 Å². The van der Waals surface area contributed by atoms with Crippen molar-refractivity contribution in [3.63, 3.8) is 0 Å². The zero-order valence-corrected chi connectivity index (χ0v) is 22.2. The fourth-order valence-electron chi connectivity index (χ4n) is 4.24. The largest absolute Gasteiger partial charge is 0.465 e. The predicted molar refractivity (Wildman–Crippen MR) is 135 cm³/mol. The Morgan fingerprint density at radius 2 is 0.811 bits per heavy atom. The molecule has 0 radical (unpaired) electrons. The fraction of sp³-hybridized carbons (Fsp3) is 0.714. The molecule has 2 rings (SSSR count). The van der Waals surface area contributed by atoms with Crippen LogP contribution in [0.15, 0.2) is 24.3 Å². The average Bonchev–Trinajstić information content (AvgIpc) is 2.92. The van der Waals surface area contributed by atoms with Crippen molar-refractivity contribution in [2.24, 2.45) is 23.7 Å². The third kappa shape index (κ3) is 10.7. The van der Waals surface area contributed by atoms with Gasteiger partial charge in [-0.05, 0) is 38.5 Å². The number of carbonyl (C=O) groups is 4. The van der Waals surface area contributed by atoms with E-state index in [1.54, 1.807) is 0 Å². The first-order valence-electron chi connectivity index (χ1n) is 13.5. The smallest absolute Gasteiger partial charge is 0.310 e. The number of esters is 4. The summed E-state index contributed by atoms with van der Waals surface area (Å²) < 4.78 is 26.7. The summed E-state index contributed by atoms with van der Waals surface area (Å²) >= 11 is 0. The molecular formula is C28H42O9. The Hall–Kier alpha value is -2.68. The second-order valence-electron chi connectivity index (χ2n) is 9.30. The molecule has 9 nitrogen and oxygen atoms in total. The predicted octanol–water partition coefficient (Wildman–Crippen LogP) is 3.94. The van der Waals surface area contributed by atoms with E-state index in [0.29, 0.717) is 38.9 Å². The lowest BCUT2D eigenvalue weighted by atomic mass is 9.83. The van der Waals surface area contributed by atoms with Crippen LogP contribution in [0.2, 0.25) is 0 Å². The van der Waals surface area contributed by atoms with Gasteiger partial charge in [-0.25, -0.2) is 0 Å². The molecule has 0 N–H and O–H groups in total. The second-order valence-corrected chi connectivity index (χ2v) is 9.30. The van der Waals surface area contributed by atoms with Crippen LogP contribution in [0.3, 0.4) is 0 Å². The molecule has 0 aromatic heterocycles. The van der Waals surface area contributed by atoms with Crippen molar-refractivity contribution in [1.82, 2.24) is 0 Å². The summed E-state index contributed by atoms with van der Waals surface area (Å²) in [5.41, 5.74) is 0. The summed E-state index contributed by atoms with van der Waals surface area (Å²) in [6, 6.07) is 0. The highest BCUT2D eigenvalue weighted by Crippen LogP contribution is 2.29. The van der Waals surface area contributed by atoms with Crippen LogP contribution < -0.4 is 0 Å². The Kier molecular flexibility index (Phi) is 14.6. The minimum Gasteiger partial charge on any atom is -0.465 e. The van der Waals surface area contributed by atoms with E-state index < -0.39 is 35.6 Å². The highest BCUT2D eigenvalue weighted by Gasteiger charge is 2.37. The van der Waals surface area contributed by atoms with Gasteiger partial charge in [0.2, 0.25) is 0 Å². The molecule has 208 valence electrons. The van der Waals surface area contributed by atoms with E-state index >= 15 is 0 Å². The molecule has 0 heterocycles. The van der Waals surface area contributed by atoms with Crippen LogP contribution >= 0.6 is 0 Å². The van der Waals surface area contributed by atoms with Crippen LogP contribution in [0.5, 0.6) is 0 Å². The molecule has 4 atom stereocenters. The van der Waals surface area contributed by atoms with E-state index in [1.165, 1.54) is 0 Å². The summed E-state index contributed by atoms with van der Waals surface area (Å²) in [7, 11) is 0. The lowest BCUT2D eigenvalue weighted by Gasteiger charge is -2.25. The van der Waals surface area contributed by atoms with Crippen molar-refractivity contribution in [1.29, 1.82) is 0 Å². The molecule has 2 aliphatic carbocycles. The van der Waals surface area contributed by atoms with Gasteiger partial charge in [-0.3, -0.25) is 19.2 Å². The van der Waals surface area contributed by atoms with Crippen molar-refractivity contribution >= 4 is 23.9 Å². The van der Waals surface area contributed by atoms with E-state index in [9.17, 15) is 19.2 Å². The number of hydrogen-bond acceptors (Lipinski definition) is 9. The molecule has 0 bridgehead atoms. The van der Waals surface area contributed by atoms with E-state index in [4.69, 9.17) is 23.7 Å². The number of rotatable bonds is 16. The zero-order chi connectivity index (χ0) is 26.9. The van der Waals surface area contributed by atoms with Crippen LogP contribution in [0.4, 0.5) is 0 Å². The normalized spacial score (nSPS) is 22.8. The van der Waals surface area contributed by atoms with Crippen LogP contribution in [-0.2, 0) is 42.9 Å². The molecule has 0 fully saturated rings. The van der Waals surface area contributed by atoms with Crippen LogP contribution in [0, 0.1) is 23.7 Å². The Morgan fingerprint density at radius 1 is 0.514 bits per heavy atom. The van der Waals surface area contributed by atoms with Gasteiger partial charge < -0.3 is 23.7 Å². The van der Waals surface area contributed by atoms with Gasteiger partial charge in [0.1, 0.15) is 13.2 Å². The van der Waals surface area contributed by atoms with Crippen molar-refractivity contribution in [3.05, 3.63) is 24.3 Å². The Bertz CT molecular complexity index is 725. The van der Waals surface area contributed by atoms with Gasteiger partial charge in [-0.2, -0.15) is 0 Å². The van der Waals surface area contributed by atoms with Crippen molar-refractivity contribution in [2.75, 3.05) is 39.6 Å². The fourth-order valence-corrected chi connectivity index (χ4v) is 4.24. The Morgan fingerprint density at radius 3 is 1.11 bits per heavy atom. The van der Waals surface area contributed by atoms with Crippen molar-refractivity contribution in [2.45, 2.75) is 65.2 Å². The summed E-state index contributed by atoms with van der Waals surface area (Å²) in [5, 5.41) is 0. The molecule has 9 heteroatoms. The molecule has 0 spiro atoms. The molecule has 37 heavy (non-hydrogen) atoms. The van der Waals surface area contributed by atoms with E-state index in [0.717, 1.165) is 25.7 Å². The molecule has 0 saturated heterocycles. The van der Waals surface area contributed by atoms with Crippen molar-refractivity contribution in [3.8, 4) is 0 Å². The quantitative estimate of drug-likeness (QED) is 0.129. The highest BCUT2D eigenvalue weighted by atomic mass is 16.6. The summed E-state index contributed by atoms with van der Waals surface area (Å²) in [5.74, 6) is -3.80. The second kappa shape index (κ2) is 17.7. The monoisotopic (exact) mass is 522 g/mol. The molecule has 0 aromatic rings. The molecule has 0 aliphatic heterocycles. The van der Waals surface area contributed by atoms with E-state index in [2.05, 4.69) is 0 Å². The summed E-state index contributed by atoms with van der Waals surface area (Å²) in [6.07, 6.45) is 12.8. The number of carbonyl (C=O) groups excluding carboxylic acids is 4. The first kappa shape index (κ1) is 30.5. The molecule has 0 aromatic carbocycles. The van der Waals surface area contributed by atoms with Crippen LogP contribution in [0.1, 0.15) is 65.2 Å². The third-order valence-corrected chi connectivity index (χ3v) is 6.50. The maximum Gasteiger partial charge on any atom is 0.310 e. The van der Waals surface area contributed by atoms with Gasteiger partial charge in [0.25, 0.3) is 0 Å². The maximum absolute atomic E-state index is 12.5. The SMILES string of the molecule is CCCCOC(=O)[C@H]1CC=CC[C@@H]1C(=O)OCCOCCOC(=O)[C@@H]1CC=CC[C@@H]1C(=O)OCCCC. The lowest BCUT2D eigenvalue weighted by molar-refractivity contribution is -0.163. The summed E-state index contributed by atoms with van der Waals surface area (Å²) in [4.78, 5) is 49.8. The lowest BCUT2D eigenvalue weighted by Crippen LogP contribution is -2.34. The third-order valence-electron chi connectivity index (χ3n) is 6.50. The van der Waals surface area contributed by atoms with Crippen molar-refractivity contribution < 1.29 is 42.9 Å². The zero-order valence-electron chi connectivity index (χ0n) is 22.2. The minimum absolute atomic E-state index is 0.0314. The summed E-state index contributed by atoms with van der Waals surface area (Å²) in [6.45, 7) is 5.08. The van der Waals surface area contributed by atoms with Gasteiger partial charge in [-0.1, -0.05) is 51.0 Å². The minimum atomic E-state index is -0.564. The molecule has 0 amide bonds.